The summed E-state index contributed by atoms with van der Waals surface area (Å²) in [7, 11) is 0. The molecule has 0 bridgehead atoms. The van der Waals surface area contributed by atoms with Gasteiger partial charge in [0.15, 0.2) is 0 Å². The molecule has 0 aromatic heterocycles. The maximum Gasteiger partial charge on any atom is 0.0992 e. The highest BCUT2D eigenvalue weighted by molar-refractivity contribution is 6.30. The topological polar surface area (TPSA) is 99.6 Å². The third kappa shape index (κ3) is 1.38. The first-order valence-corrected chi connectivity index (χ1v) is 6.74. The van der Waals surface area contributed by atoms with E-state index in [-0.39, 0.29) is 0 Å². The SMILES string of the molecule is N#Cc1cc2ccc3cc(C#N)cc4c(N)c(N)c(c1)c2c34. The van der Waals surface area contributed by atoms with E-state index < -0.39 is 0 Å². The third-order valence-corrected chi connectivity index (χ3v) is 4.16. The molecule has 0 aliphatic rings. The maximum atomic E-state index is 9.19. The number of nitriles is 2. The lowest BCUT2D eigenvalue weighted by molar-refractivity contribution is 1.50. The predicted molar refractivity (Wildman–Crippen MR) is 88.4 cm³/mol. The van der Waals surface area contributed by atoms with Gasteiger partial charge in [-0.3, -0.25) is 0 Å². The van der Waals surface area contributed by atoms with Crippen LogP contribution in [0.1, 0.15) is 11.1 Å². The second-order valence-corrected chi connectivity index (χ2v) is 5.36. The monoisotopic (exact) mass is 282 g/mol. The number of nitrogens with zero attached hydrogens (tertiary/aromatic N) is 2. The van der Waals surface area contributed by atoms with E-state index in [0.29, 0.717) is 22.5 Å². The van der Waals surface area contributed by atoms with Crippen molar-refractivity contribution in [3.05, 3.63) is 47.5 Å². The summed E-state index contributed by atoms with van der Waals surface area (Å²) < 4.78 is 0. The molecule has 4 aromatic carbocycles. The minimum atomic E-state index is 0.456. The van der Waals surface area contributed by atoms with Crippen LogP contribution in [0.25, 0.3) is 32.3 Å². The molecule has 4 N–H and O–H groups in total. The quantitative estimate of drug-likeness (QED) is 0.381. The summed E-state index contributed by atoms with van der Waals surface area (Å²) in [6.45, 7) is 0. The van der Waals surface area contributed by atoms with Crippen molar-refractivity contribution in [1.29, 1.82) is 10.5 Å². The summed E-state index contributed by atoms with van der Waals surface area (Å²) in [5, 5.41) is 23.8. The van der Waals surface area contributed by atoms with E-state index in [9.17, 15) is 10.5 Å². The minimum absolute atomic E-state index is 0.456. The maximum absolute atomic E-state index is 9.19. The number of nitrogens with two attached hydrogens (primary N) is 2. The molecule has 4 nitrogen and oxygen atoms in total. The Hall–Kier alpha value is -3.50. The summed E-state index contributed by atoms with van der Waals surface area (Å²) >= 11 is 0. The molecular weight excluding hydrogens is 272 g/mol. The fourth-order valence-electron chi connectivity index (χ4n) is 3.17. The molecule has 22 heavy (non-hydrogen) atoms. The van der Waals surface area contributed by atoms with Crippen molar-refractivity contribution in [2.45, 2.75) is 0 Å². The lowest BCUT2D eigenvalue weighted by Gasteiger charge is -2.16. The van der Waals surface area contributed by atoms with E-state index in [2.05, 4.69) is 12.1 Å². The number of rotatable bonds is 0. The van der Waals surface area contributed by atoms with Crippen LogP contribution in [-0.2, 0) is 0 Å². The van der Waals surface area contributed by atoms with Gasteiger partial charge < -0.3 is 11.5 Å². The molecule has 0 unspecified atom stereocenters. The number of nitrogen functional groups attached to an aromatic ring is 2. The highest BCUT2D eigenvalue weighted by atomic mass is 14.7. The van der Waals surface area contributed by atoms with E-state index in [1.807, 2.05) is 24.3 Å². The van der Waals surface area contributed by atoms with Crippen LogP contribution in [0.3, 0.4) is 0 Å². The number of anilines is 2. The van der Waals surface area contributed by atoms with Crippen LogP contribution in [0, 0.1) is 22.7 Å². The first kappa shape index (κ1) is 12.3. The molecule has 4 aromatic rings. The zero-order valence-electron chi connectivity index (χ0n) is 11.5. The Morgan fingerprint density at radius 3 is 1.45 bits per heavy atom. The van der Waals surface area contributed by atoms with Crippen LogP contribution in [0.2, 0.25) is 0 Å². The Kier molecular flexibility index (Phi) is 2.23. The van der Waals surface area contributed by atoms with Gasteiger partial charge in [-0.1, -0.05) is 12.1 Å². The van der Waals surface area contributed by atoms with Crippen LogP contribution < -0.4 is 11.5 Å². The largest absolute Gasteiger partial charge is 0.397 e. The summed E-state index contributed by atoms with van der Waals surface area (Å²) in [6, 6.07) is 15.4. The van der Waals surface area contributed by atoms with Crippen LogP contribution in [0.4, 0.5) is 11.4 Å². The molecule has 0 amide bonds. The summed E-state index contributed by atoms with van der Waals surface area (Å²) in [5.41, 5.74) is 14.4. The van der Waals surface area contributed by atoms with Crippen LogP contribution >= 0.6 is 0 Å². The van der Waals surface area contributed by atoms with Crippen molar-refractivity contribution in [2.24, 2.45) is 0 Å². The first-order valence-electron chi connectivity index (χ1n) is 6.74. The molecule has 0 fully saturated rings. The van der Waals surface area contributed by atoms with Gasteiger partial charge in [0.1, 0.15) is 0 Å². The van der Waals surface area contributed by atoms with Crippen molar-refractivity contribution < 1.29 is 0 Å². The molecule has 0 aliphatic carbocycles. The molecule has 0 aliphatic heterocycles. The predicted octanol–water partition coefficient (Wildman–Crippen LogP) is 3.49. The zero-order chi connectivity index (χ0) is 15.4. The number of hydrogen-bond donors (Lipinski definition) is 2. The van der Waals surface area contributed by atoms with Crippen molar-refractivity contribution in [2.75, 3.05) is 11.5 Å². The second kappa shape index (κ2) is 4.00. The van der Waals surface area contributed by atoms with Gasteiger partial charge in [-0.15, -0.1) is 0 Å². The molecule has 0 saturated heterocycles. The molecule has 0 saturated carbocycles. The lowest BCUT2D eigenvalue weighted by atomic mass is 9.90. The highest BCUT2D eigenvalue weighted by Gasteiger charge is 2.16. The average Bonchev–Trinajstić information content (AvgIpc) is 2.56. The van der Waals surface area contributed by atoms with E-state index in [0.717, 1.165) is 32.3 Å². The van der Waals surface area contributed by atoms with E-state index in [4.69, 9.17) is 11.5 Å². The molecule has 0 atom stereocenters. The minimum Gasteiger partial charge on any atom is -0.397 e. The molecule has 4 rings (SSSR count). The van der Waals surface area contributed by atoms with Crippen LogP contribution in [-0.4, -0.2) is 0 Å². The van der Waals surface area contributed by atoms with Gasteiger partial charge in [0.25, 0.3) is 0 Å². The van der Waals surface area contributed by atoms with Gasteiger partial charge in [0.2, 0.25) is 0 Å². The Balaban J connectivity index is 2.41. The van der Waals surface area contributed by atoms with E-state index in [1.165, 1.54) is 0 Å². The Morgan fingerprint density at radius 2 is 1.09 bits per heavy atom. The molecule has 0 radical (unpaired) electrons. The van der Waals surface area contributed by atoms with Gasteiger partial charge in [0, 0.05) is 10.8 Å². The normalized spacial score (nSPS) is 11.0. The molecule has 0 spiro atoms. The Morgan fingerprint density at radius 1 is 0.682 bits per heavy atom. The van der Waals surface area contributed by atoms with Crippen molar-refractivity contribution in [3.63, 3.8) is 0 Å². The summed E-state index contributed by atoms with van der Waals surface area (Å²) in [5.74, 6) is 0. The lowest BCUT2D eigenvalue weighted by Crippen LogP contribution is -1.99. The van der Waals surface area contributed by atoms with Gasteiger partial charge in [0.05, 0.1) is 34.6 Å². The molecule has 102 valence electrons. The van der Waals surface area contributed by atoms with Gasteiger partial charge in [-0.25, -0.2) is 0 Å². The van der Waals surface area contributed by atoms with E-state index >= 15 is 0 Å². The van der Waals surface area contributed by atoms with Crippen molar-refractivity contribution in [1.82, 2.24) is 0 Å². The van der Waals surface area contributed by atoms with Crippen LogP contribution in [0.15, 0.2) is 36.4 Å². The third-order valence-electron chi connectivity index (χ3n) is 4.16. The average molecular weight is 282 g/mol. The summed E-state index contributed by atoms with van der Waals surface area (Å²) in [6.07, 6.45) is 0. The molecule has 0 heterocycles. The molecule has 4 heteroatoms. The second-order valence-electron chi connectivity index (χ2n) is 5.36. The zero-order valence-corrected chi connectivity index (χ0v) is 11.5. The van der Waals surface area contributed by atoms with Gasteiger partial charge >= 0.3 is 0 Å². The van der Waals surface area contributed by atoms with Crippen molar-refractivity contribution in [3.8, 4) is 12.1 Å². The molecular formula is C18H10N4. The van der Waals surface area contributed by atoms with Gasteiger partial charge in [-0.2, -0.15) is 10.5 Å². The fourth-order valence-corrected chi connectivity index (χ4v) is 3.17. The van der Waals surface area contributed by atoms with E-state index in [1.54, 1.807) is 12.1 Å². The standard InChI is InChI=1S/C18H10N4/c19-7-9-3-11-1-2-12-4-10(8-20)6-14-16(12)15(11)13(5-9)17(21)18(14)22/h1-6H,21-22H2. The number of hydrogen-bond acceptors (Lipinski definition) is 4. The van der Waals surface area contributed by atoms with Crippen LogP contribution in [0.5, 0.6) is 0 Å². The fraction of sp³-hybridized carbons (Fsp3) is 0. The number of benzene rings is 4. The van der Waals surface area contributed by atoms with Gasteiger partial charge in [-0.05, 0) is 45.8 Å². The first-order chi connectivity index (χ1) is 10.6. The Labute approximate surface area is 126 Å². The summed E-state index contributed by atoms with van der Waals surface area (Å²) in [4.78, 5) is 0. The van der Waals surface area contributed by atoms with Crippen molar-refractivity contribution >= 4 is 43.7 Å². The smallest absolute Gasteiger partial charge is 0.0992 e. The Bertz CT molecular complexity index is 1070. The highest BCUT2D eigenvalue weighted by Crippen LogP contribution is 2.42.